The van der Waals surface area contributed by atoms with E-state index in [1.54, 1.807) is 6.20 Å². The zero-order chi connectivity index (χ0) is 32.9. The van der Waals surface area contributed by atoms with E-state index in [0.29, 0.717) is 10.8 Å². The molecule has 0 radical (unpaired) electrons. The lowest BCUT2D eigenvalue weighted by molar-refractivity contribution is 0.400. The van der Waals surface area contributed by atoms with Gasteiger partial charge in [0.1, 0.15) is 11.0 Å². The quantitative estimate of drug-likeness (QED) is 0.249. The van der Waals surface area contributed by atoms with Gasteiger partial charge in [-0.15, -0.1) is 0 Å². The minimum atomic E-state index is 0.395. The van der Waals surface area contributed by atoms with Crippen molar-refractivity contribution in [2.45, 2.75) is 12.8 Å². The number of para-hydroxylation sites is 4. The Kier molecular flexibility index (Phi) is 9.79. The number of nitrogens with two attached hydrogens (primary N) is 1. The third-order valence-corrected chi connectivity index (χ3v) is 7.84. The predicted molar refractivity (Wildman–Crippen MR) is 191 cm³/mol. The highest BCUT2D eigenvalue weighted by Gasteiger charge is 2.15. The van der Waals surface area contributed by atoms with Crippen LogP contribution in [0.3, 0.4) is 0 Å². The first-order valence-electron chi connectivity index (χ1n) is 15.5. The van der Waals surface area contributed by atoms with Gasteiger partial charge in [0.25, 0.3) is 0 Å². The molecular formula is C35H38ClN11. The maximum atomic E-state index is 6.19. The lowest BCUT2D eigenvalue weighted by Gasteiger charge is -2.10. The second-order valence-electron chi connectivity index (χ2n) is 11.7. The van der Waals surface area contributed by atoms with Gasteiger partial charge in [0.2, 0.25) is 0 Å². The summed E-state index contributed by atoms with van der Waals surface area (Å²) in [5.74, 6) is 0. The molecule has 12 heteroatoms. The molecule has 240 valence electrons. The molecule has 0 bridgehead atoms. The van der Waals surface area contributed by atoms with Crippen LogP contribution in [0.4, 0.5) is 0 Å². The van der Waals surface area contributed by atoms with Crippen LogP contribution in [0.25, 0.3) is 55.7 Å². The summed E-state index contributed by atoms with van der Waals surface area (Å²) in [4.78, 5) is 31.6. The Balaban J connectivity index is 0.000000143. The van der Waals surface area contributed by atoms with Gasteiger partial charge in [-0.2, -0.15) is 0 Å². The van der Waals surface area contributed by atoms with Gasteiger partial charge >= 0.3 is 0 Å². The summed E-state index contributed by atoms with van der Waals surface area (Å²) < 4.78 is 4.09. The van der Waals surface area contributed by atoms with Crippen molar-refractivity contribution in [1.29, 1.82) is 0 Å². The van der Waals surface area contributed by atoms with Crippen LogP contribution in [0.15, 0.2) is 85.2 Å². The average Bonchev–Trinajstić information content (AvgIpc) is 3.66. The molecule has 0 aliphatic heterocycles. The van der Waals surface area contributed by atoms with E-state index in [0.717, 1.165) is 88.2 Å². The van der Waals surface area contributed by atoms with E-state index in [2.05, 4.69) is 54.3 Å². The first kappa shape index (κ1) is 32.1. The fourth-order valence-corrected chi connectivity index (χ4v) is 5.67. The highest BCUT2D eigenvalue weighted by Crippen LogP contribution is 2.26. The Labute approximate surface area is 277 Å². The Bertz CT molecular complexity index is 2290. The number of fused-ring (bicyclic) bond motifs is 10. The molecule has 0 saturated carbocycles. The van der Waals surface area contributed by atoms with Crippen molar-refractivity contribution < 1.29 is 0 Å². The Morgan fingerprint density at radius 3 is 1.66 bits per heavy atom. The molecule has 0 spiro atoms. The molecule has 6 heterocycles. The number of hydrogen-bond acceptors (Lipinski definition) is 9. The minimum Gasteiger partial charge on any atom is -0.329 e. The number of aromatic nitrogens is 8. The highest BCUT2D eigenvalue weighted by atomic mass is 35.5. The normalized spacial score (nSPS) is 11.6. The number of aryl methyl sites for hydroxylation is 1. The topological polar surface area (TPSA) is 119 Å². The molecule has 11 nitrogen and oxygen atoms in total. The Morgan fingerprint density at radius 1 is 0.596 bits per heavy atom. The summed E-state index contributed by atoms with van der Waals surface area (Å²) in [6.45, 7) is 2.78. The van der Waals surface area contributed by atoms with E-state index in [-0.39, 0.29) is 0 Å². The van der Waals surface area contributed by atoms with Crippen LogP contribution >= 0.6 is 11.6 Å². The molecule has 0 atom stereocenters. The van der Waals surface area contributed by atoms with Gasteiger partial charge < -0.3 is 15.5 Å². The van der Waals surface area contributed by atoms with Gasteiger partial charge in [-0.3, -0.25) is 8.80 Å². The molecular weight excluding hydrogens is 610 g/mol. The van der Waals surface area contributed by atoms with Crippen molar-refractivity contribution in [2.75, 3.05) is 47.8 Å². The summed E-state index contributed by atoms with van der Waals surface area (Å²) in [7, 11) is 8.20. The van der Waals surface area contributed by atoms with E-state index in [9.17, 15) is 0 Å². The number of benzene rings is 2. The molecule has 0 amide bonds. The number of hydrogen-bond donors (Lipinski definition) is 1. The van der Waals surface area contributed by atoms with Crippen LogP contribution in [-0.4, -0.2) is 96.3 Å². The summed E-state index contributed by atoms with van der Waals surface area (Å²) in [5, 5.41) is 0.395. The fraction of sp³-hybridized carbons (Fsp3) is 0.257. The summed E-state index contributed by atoms with van der Waals surface area (Å²) in [6, 6.07) is 23.8. The zero-order valence-electron chi connectivity index (χ0n) is 27.0. The minimum absolute atomic E-state index is 0.395. The van der Waals surface area contributed by atoms with Crippen LogP contribution < -0.4 is 5.73 Å². The lowest BCUT2D eigenvalue weighted by Crippen LogP contribution is -2.20. The predicted octanol–water partition coefficient (Wildman–Crippen LogP) is 5.52. The molecule has 0 unspecified atom stereocenters. The van der Waals surface area contributed by atoms with Crippen molar-refractivity contribution >= 4 is 67.3 Å². The Morgan fingerprint density at radius 2 is 1.11 bits per heavy atom. The molecule has 8 rings (SSSR count). The summed E-state index contributed by atoms with van der Waals surface area (Å²) in [5.41, 5.74) is 15.1. The molecule has 2 N–H and O–H groups in total. The molecule has 0 aliphatic carbocycles. The monoisotopic (exact) mass is 647 g/mol. The number of halogens is 1. The maximum absolute atomic E-state index is 6.19. The molecule has 2 aromatic carbocycles. The van der Waals surface area contributed by atoms with Gasteiger partial charge in [-0.05, 0) is 96.1 Å². The molecule has 8 aromatic rings. The zero-order valence-corrected chi connectivity index (χ0v) is 27.8. The van der Waals surface area contributed by atoms with Crippen molar-refractivity contribution in [1.82, 2.24) is 48.5 Å². The second-order valence-corrected chi connectivity index (χ2v) is 12.0. The number of imidazole rings is 2. The Hall–Kier alpha value is -4.81. The molecule has 0 fully saturated rings. The smallest absolute Gasteiger partial charge is 0.177 e. The highest BCUT2D eigenvalue weighted by molar-refractivity contribution is 6.33. The number of rotatable bonds is 6. The van der Waals surface area contributed by atoms with Crippen LogP contribution in [0.1, 0.15) is 12.1 Å². The van der Waals surface area contributed by atoms with Crippen molar-refractivity contribution in [2.24, 2.45) is 5.73 Å². The van der Waals surface area contributed by atoms with E-state index in [1.165, 1.54) is 0 Å². The lowest BCUT2D eigenvalue weighted by atomic mass is 10.2. The first-order valence-corrected chi connectivity index (χ1v) is 15.9. The SMILES string of the molecule is CN(C)CCCc1nc2cccnc2n2c1nc1ccccc12.CN(C)CCN.Clc1nc2cccnc2n2c1nc1ccccc12. The third-order valence-electron chi connectivity index (χ3n) is 7.59. The van der Waals surface area contributed by atoms with Crippen LogP contribution in [-0.2, 0) is 6.42 Å². The van der Waals surface area contributed by atoms with Gasteiger partial charge in [0, 0.05) is 25.5 Å². The number of pyridine rings is 2. The van der Waals surface area contributed by atoms with Crippen LogP contribution in [0, 0.1) is 0 Å². The van der Waals surface area contributed by atoms with Crippen molar-refractivity contribution in [3.8, 4) is 0 Å². The third kappa shape index (κ3) is 6.84. The largest absolute Gasteiger partial charge is 0.329 e. The van der Waals surface area contributed by atoms with E-state index in [1.807, 2.05) is 91.4 Å². The van der Waals surface area contributed by atoms with Gasteiger partial charge in [-0.25, -0.2) is 29.9 Å². The standard InChI is InChI=1S/C18H19N5.C13H7ClN4.C4H12N2/c1-22(2)12-6-9-15-18-21-13-7-3-4-10-16(13)23(18)17-14(20-15)8-5-11-19-17;14-11-13-17-8-4-1-2-6-10(8)18(13)12-9(16-11)5-3-7-15-12;1-6(2)4-3-5/h3-5,7-8,10-11H,6,9,12H2,1-2H3;1-7H;3-5H2,1-2H3. The van der Waals surface area contributed by atoms with Crippen LogP contribution in [0.5, 0.6) is 0 Å². The maximum Gasteiger partial charge on any atom is 0.177 e. The molecule has 0 aliphatic rings. The van der Waals surface area contributed by atoms with Gasteiger partial charge in [-0.1, -0.05) is 35.9 Å². The average molecular weight is 648 g/mol. The molecule has 6 aromatic heterocycles. The molecule has 47 heavy (non-hydrogen) atoms. The van der Waals surface area contributed by atoms with Crippen LogP contribution in [0.2, 0.25) is 5.15 Å². The van der Waals surface area contributed by atoms with E-state index < -0.39 is 0 Å². The van der Waals surface area contributed by atoms with E-state index in [4.69, 9.17) is 27.3 Å². The first-order chi connectivity index (χ1) is 22.9. The van der Waals surface area contributed by atoms with Crippen molar-refractivity contribution in [3.63, 3.8) is 0 Å². The van der Waals surface area contributed by atoms with E-state index >= 15 is 0 Å². The summed E-state index contributed by atoms with van der Waals surface area (Å²) >= 11 is 6.19. The number of likely N-dealkylation sites (N-methyl/N-ethyl adjacent to an activating group) is 1. The van der Waals surface area contributed by atoms with Gasteiger partial charge in [0.05, 0.1) is 27.8 Å². The van der Waals surface area contributed by atoms with Crippen molar-refractivity contribution in [3.05, 3.63) is 96.0 Å². The fourth-order valence-electron chi connectivity index (χ4n) is 5.45. The van der Waals surface area contributed by atoms with Gasteiger partial charge in [0.15, 0.2) is 27.7 Å². The number of nitrogens with zero attached hydrogens (tertiary/aromatic N) is 10. The summed E-state index contributed by atoms with van der Waals surface area (Å²) in [6.07, 6.45) is 5.52. The molecule has 0 saturated heterocycles. The second kappa shape index (κ2) is 14.3.